The Morgan fingerprint density at radius 2 is 2.00 bits per heavy atom. The van der Waals surface area contributed by atoms with Crippen LogP contribution in [0.3, 0.4) is 0 Å². The molecule has 0 bridgehead atoms. The number of rotatable bonds is 6. The molecule has 1 aromatic carbocycles. The molecule has 92 valence electrons. The van der Waals surface area contributed by atoms with Crippen molar-refractivity contribution in [1.29, 1.82) is 5.26 Å². The highest BCUT2D eigenvalue weighted by Crippen LogP contribution is 2.25. The third-order valence-corrected chi connectivity index (χ3v) is 2.78. The van der Waals surface area contributed by atoms with Crippen molar-refractivity contribution in [2.24, 2.45) is 5.92 Å². The Kier molecular flexibility index (Phi) is 5.68. The summed E-state index contributed by atoms with van der Waals surface area (Å²) in [6, 6.07) is 9.72. The molecule has 0 heterocycles. The second-order valence-electron chi connectivity index (χ2n) is 4.14. The summed E-state index contributed by atoms with van der Waals surface area (Å²) in [5, 5.41) is 19.1. The average molecular weight is 233 g/mol. The van der Waals surface area contributed by atoms with Gasteiger partial charge in [-0.05, 0) is 17.5 Å². The molecule has 1 N–H and O–H groups in total. The van der Waals surface area contributed by atoms with Crippen molar-refractivity contribution in [3.05, 3.63) is 35.4 Å². The minimum atomic E-state index is -0.698. The molecule has 0 aromatic heterocycles. The molecule has 0 saturated heterocycles. The summed E-state index contributed by atoms with van der Waals surface area (Å²) < 4.78 is 5.02. The fourth-order valence-electron chi connectivity index (χ4n) is 1.81. The van der Waals surface area contributed by atoms with Crippen molar-refractivity contribution in [3.8, 4) is 6.07 Å². The van der Waals surface area contributed by atoms with E-state index in [1.165, 1.54) is 0 Å². The quantitative estimate of drug-likeness (QED) is 0.822. The zero-order chi connectivity index (χ0) is 12.7. The van der Waals surface area contributed by atoms with Gasteiger partial charge in [0.25, 0.3) is 0 Å². The van der Waals surface area contributed by atoms with Crippen LogP contribution in [-0.4, -0.2) is 12.2 Å². The highest BCUT2D eigenvalue weighted by molar-refractivity contribution is 5.25. The van der Waals surface area contributed by atoms with Crippen LogP contribution in [0.25, 0.3) is 0 Å². The maximum absolute atomic E-state index is 10.1. The topological polar surface area (TPSA) is 53.2 Å². The molecular formula is C14H19NO2. The van der Waals surface area contributed by atoms with Crippen LogP contribution in [0.4, 0.5) is 0 Å². The number of nitriles is 1. The predicted octanol–water partition coefficient (Wildman–Crippen LogP) is 2.81. The van der Waals surface area contributed by atoms with E-state index in [1.54, 1.807) is 7.11 Å². The van der Waals surface area contributed by atoms with Crippen molar-refractivity contribution in [3.63, 3.8) is 0 Å². The normalized spacial score (nSPS) is 14.0. The number of benzene rings is 1. The molecule has 2 atom stereocenters. The number of aliphatic hydroxyl groups excluding tert-OH is 1. The molecule has 0 spiro atoms. The first-order valence-corrected chi connectivity index (χ1v) is 5.88. The van der Waals surface area contributed by atoms with Gasteiger partial charge >= 0.3 is 0 Å². The molecule has 3 nitrogen and oxygen atoms in total. The Morgan fingerprint density at radius 1 is 1.35 bits per heavy atom. The summed E-state index contributed by atoms with van der Waals surface area (Å²) in [5.41, 5.74) is 1.86. The maximum Gasteiger partial charge on any atom is 0.0948 e. The van der Waals surface area contributed by atoms with Gasteiger partial charge in [-0.1, -0.05) is 37.6 Å². The number of ether oxygens (including phenoxy) is 1. The average Bonchev–Trinajstić information content (AvgIpc) is 2.36. The van der Waals surface area contributed by atoms with E-state index in [-0.39, 0.29) is 5.92 Å². The lowest BCUT2D eigenvalue weighted by molar-refractivity contribution is 0.129. The van der Waals surface area contributed by atoms with Gasteiger partial charge in [0.1, 0.15) is 0 Å². The molecule has 0 fully saturated rings. The third-order valence-electron chi connectivity index (χ3n) is 2.78. The highest BCUT2D eigenvalue weighted by atomic mass is 16.5. The molecule has 0 radical (unpaired) electrons. The molecule has 17 heavy (non-hydrogen) atoms. The van der Waals surface area contributed by atoms with E-state index in [9.17, 15) is 5.11 Å². The second-order valence-corrected chi connectivity index (χ2v) is 4.14. The van der Waals surface area contributed by atoms with Crippen LogP contribution in [-0.2, 0) is 11.3 Å². The summed E-state index contributed by atoms with van der Waals surface area (Å²) in [6.07, 6.45) is 0.922. The van der Waals surface area contributed by atoms with Gasteiger partial charge in [-0.25, -0.2) is 0 Å². The fraction of sp³-hybridized carbons (Fsp3) is 0.500. The lowest BCUT2D eigenvalue weighted by Crippen LogP contribution is -2.10. The van der Waals surface area contributed by atoms with Crippen molar-refractivity contribution < 1.29 is 9.84 Å². The lowest BCUT2D eigenvalue weighted by atomic mass is 9.93. The first-order chi connectivity index (χ1) is 8.22. The second kappa shape index (κ2) is 7.05. The largest absolute Gasteiger partial charge is 0.387 e. The molecule has 0 amide bonds. The highest BCUT2D eigenvalue weighted by Gasteiger charge is 2.19. The van der Waals surface area contributed by atoms with Gasteiger partial charge in [0.15, 0.2) is 0 Å². The summed E-state index contributed by atoms with van der Waals surface area (Å²) in [6.45, 7) is 2.58. The minimum absolute atomic E-state index is 0.326. The van der Waals surface area contributed by atoms with Crippen molar-refractivity contribution in [2.75, 3.05) is 7.11 Å². The predicted molar refractivity (Wildman–Crippen MR) is 66.1 cm³/mol. The molecule has 1 aromatic rings. The molecule has 1 rings (SSSR count). The van der Waals surface area contributed by atoms with E-state index in [0.717, 1.165) is 24.0 Å². The van der Waals surface area contributed by atoms with Crippen LogP contribution in [0.1, 0.15) is 37.0 Å². The zero-order valence-corrected chi connectivity index (χ0v) is 10.4. The van der Waals surface area contributed by atoms with Gasteiger partial charge in [-0.2, -0.15) is 5.26 Å². The van der Waals surface area contributed by atoms with E-state index >= 15 is 0 Å². The van der Waals surface area contributed by atoms with Crippen molar-refractivity contribution in [2.45, 2.75) is 32.5 Å². The Hall–Kier alpha value is -1.37. The number of methoxy groups -OCH3 is 1. The smallest absolute Gasteiger partial charge is 0.0948 e. The Morgan fingerprint density at radius 3 is 2.47 bits per heavy atom. The summed E-state index contributed by atoms with van der Waals surface area (Å²) in [4.78, 5) is 0. The van der Waals surface area contributed by atoms with Gasteiger partial charge in [0, 0.05) is 7.11 Å². The summed E-state index contributed by atoms with van der Waals surface area (Å²) >= 11 is 0. The molecule has 0 aliphatic rings. The molecule has 0 saturated carbocycles. The summed E-state index contributed by atoms with van der Waals surface area (Å²) in [7, 11) is 1.65. The van der Waals surface area contributed by atoms with Gasteiger partial charge in [-0.3, -0.25) is 0 Å². The fourth-order valence-corrected chi connectivity index (χ4v) is 1.81. The minimum Gasteiger partial charge on any atom is -0.387 e. The summed E-state index contributed by atoms with van der Waals surface area (Å²) in [5.74, 6) is -0.326. The standard InChI is InChI=1S/C14H19NO2/c1-3-4-13(9-15)14(16)12-7-5-11(6-8-12)10-17-2/h5-8,13-14,16H,3-4,10H2,1-2H3. The molecule has 0 aliphatic carbocycles. The van der Waals surface area contributed by atoms with Crippen LogP contribution in [0.15, 0.2) is 24.3 Å². The molecule has 2 unspecified atom stereocenters. The first-order valence-electron chi connectivity index (χ1n) is 5.88. The Bertz CT molecular complexity index is 367. The monoisotopic (exact) mass is 233 g/mol. The van der Waals surface area contributed by atoms with E-state index in [1.807, 2.05) is 31.2 Å². The van der Waals surface area contributed by atoms with Crippen molar-refractivity contribution >= 4 is 0 Å². The van der Waals surface area contributed by atoms with Gasteiger partial charge in [0.05, 0.1) is 24.7 Å². The van der Waals surface area contributed by atoms with E-state index in [0.29, 0.717) is 6.61 Å². The number of aliphatic hydroxyl groups is 1. The van der Waals surface area contributed by atoms with Crippen LogP contribution in [0, 0.1) is 17.2 Å². The van der Waals surface area contributed by atoms with Crippen molar-refractivity contribution in [1.82, 2.24) is 0 Å². The number of hydrogen-bond donors (Lipinski definition) is 1. The zero-order valence-electron chi connectivity index (χ0n) is 10.4. The van der Waals surface area contributed by atoms with Crippen LogP contribution in [0.2, 0.25) is 0 Å². The molecular weight excluding hydrogens is 214 g/mol. The molecule has 3 heteroatoms. The first kappa shape index (κ1) is 13.7. The van der Waals surface area contributed by atoms with Gasteiger partial charge in [-0.15, -0.1) is 0 Å². The Balaban J connectivity index is 2.74. The number of hydrogen-bond acceptors (Lipinski definition) is 3. The van der Waals surface area contributed by atoms with Crippen LogP contribution in [0.5, 0.6) is 0 Å². The van der Waals surface area contributed by atoms with Gasteiger partial charge in [0.2, 0.25) is 0 Å². The van der Waals surface area contributed by atoms with Crippen LogP contribution < -0.4 is 0 Å². The van der Waals surface area contributed by atoms with Crippen LogP contribution >= 0.6 is 0 Å². The maximum atomic E-state index is 10.1. The van der Waals surface area contributed by atoms with E-state index in [2.05, 4.69) is 6.07 Å². The SMILES string of the molecule is CCCC(C#N)C(O)c1ccc(COC)cc1. The van der Waals surface area contributed by atoms with E-state index < -0.39 is 6.10 Å². The number of nitrogens with zero attached hydrogens (tertiary/aromatic N) is 1. The lowest BCUT2D eigenvalue weighted by Gasteiger charge is -2.16. The Labute approximate surface area is 103 Å². The van der Waals surface area contributed by atoms with Gasteiger partial charge < -0.3 is 9.84 Å². The van der Waals surface area contributed by atoms with E-state index in [4.69, 9.17) is 10.00 Å². The molecule has 0 aliphatic heterocycles. The third kappa shape index (κ3) is 3.85.